The highest BCUT2D eigenvalue weighted by molar-refractivity contribution is 8.01. The second-order valence-corrected chi connectivity index (χ2v) is 9.77. The summed E-state index contributed by atoms with van der Waals surface area (Å²) in [5.41, 5.74) is 0. The number of nitrogens with zero attached hydrogens (tertiary/aromatic N) is 3. The molecule has 27 heavy (non-hydrogen) atoms. The second kappa shape index (κ2) is 8.55. The molecule has 11 heteroatoms. The number of aromatic nitrogens is 2. The number of hydrogen-bond donors (Lipinski definition) is 1. The Bertz CT molecular complexity index is 895. The molecule has 1 aromatic carbocycles. The van der Waals surface area contributed by atoms with Gasteiger partial charge in [-0.3, -0.25) is 9.69 Å². The molecule has 0 atom stereocenters. The number of anilines is 1. The molecule has 0 bridgehead atoms. The molecule has 8 nitrogen and oxygen atoms in total. The van der Waals surface area contributed by atoms with E-state index in [9.17, 15) is 13.2 Å². The highest BCUT2D eigenvalue weighted by Crippen LogP contribution is 2.36. The molecule has 146 valence electrons. The third kappa shape index (κ3) is 5.41. The molecule has 2 N–H and O–H groups in total. The Morgan fingerprint density at radius 1 is 1.33 bits per heavy atom. The maximum absolute atomic E-state index is 12.1. The molecule has 0 saturated heterocycles. The predicted molar refractivity (Wildman–Crippen MR) is 105 cm³/mol. The summed E-state index contributed by atoms with van der Waals surface area (Å²) >= 11 is 2.92. The van der Waals surface area contributed by atoms with E-state index in [2.05, 4.69) is 10.2 Å². The van der Waals surface area contributed by atoms with Gasteiger partial charge in [-0.1, -0.05) is 30.0 Å². The van der Waals surface area contributed by atoms with Gasteiger partial charge in [0.2, 0.25) is 21.1 Å². The lowest BCUT2D eigenvalue weighted by molar-refractivity contribution is -0.118. The lowest BCUT2D eigenvalue weighted by Gasteiger charge is -2.17. The standard InChI is InChI=1S/C16H20N4O4S3/c1-2-14(21)20(11-3-4-11)15-18-19-16(26-15)25-10-9-24-12-5-7-13(8-6-12)27(17,22)23/h5-8,11H,2-4,9-10H2,1H3,(H2,17,22,23). The maximum atomic E-state index is 12.1. The summed E-state index contributed by atoms with van der Waals surface area (Å²) in [5, 5.41) is 14.0. The van der Waals surface area contributed by atoms with Crippen molar-refractivity contribution in [2.24, 2.45) is 5.14 Å². The van der Waals surface area contributed by atoms with Crippen LogP contribution in [0.5, 0.6) is 5.75 Å². The number of amides is 1. The van der Waals surface area contributed by atoms with Gasteiger partial charge in [0.1, 0.15) is 5.75 Å². The number of ether oxygens (including phenoxy) is 1. The van der Waals surface area contributed by atoms with Crippen molar-refractivity contribution in [2.45, 2.75) is 41.5 Å². The van der Waals surface area contributed by atoms with Crippen LogP contribution in [0.15, 0.2) is 33.5 Å². The number of nitrogens with two attached hydrogens (primary N) is 1. The molecule has 0 unspecified atom stereocenters. The first-order chi connectivity index (χ1) is 12.9. The minimum Gasteiger partial charge on any atom is -0.493 e. The third-order valence-corrected chi connectivity index (χ3v) is 6.76. The summed E-state index contributed by atoms with van der Waals surface area (Å²) in [5.74, 6) is 1.29. The molecular weight excluding hydrogens is 408 g/mol. The van der Waals surface area contributed by atoms with E-state index in [1.165, 1.54) is 35.2 Å². The first-order valence-corrected chi connectivity index (χ1v) is 11.8. The summed E-state index contributed by atoms with van der Waals surface area (Å²) < 4.78 is 28.8. The molecule has 0 spiro atoms. The highest BCUT2D eigenvalue weighted by atomic mass is 32.2. The van der Waals surface area contributed by atoms with Gasteiger partial charge in [-0.2, -0.15) is 0 Å². The van der Waals surface area contributed by atoms with Crippen LogP contribution in [0.2, 0.25) is 0 Å². The Morgan fingerprint density at radius 2 is 2.04 bits per heavy atom. The van der Waals surface area contributed by atoms with Gasteiger partial charge in [0.05, 0.1) is 11.5 Å². The van der Waals surface area contributed by atoms with E-state index in [0.29, 0.717) is 29.7 Å². The molecule has 1 heterocycles. The minimum atomic E-state index is -3.70. The van der Waals surface area contributed by atoms with Crippen LogP contribution < -0.4 is 14.8 Å². The van der Waals surface area contributed by atoms with Crippen molar-refractivity contribution in [2.75, 3.05) is 17.3 Å². The van der Waals surface area contributed by atoms with E-state index in [-0.39, 0.29) is 16.8 Å². The molecule has 1 fully saturated rings. The van der Waals surface area contributed by atoms with Crippen molar-refractivity contribution >= 4 is 44.2 Å². The Hall–Kier alpha value is -1.69. The van der Waals surface area contributed by atoms with Crippen LogP contribution >= 0.6 is 23.1 Å². The Morgan fingerprint density at radius 3 is 2.63 bits per heavy atom. The van der Waals surface area contributed by atoms with Gasteiger partial charge in [0.15, 0.2) is 4.34 Å². The van der Waals surface area contributed by atoms with Crippen LogP contribution in [0.4, 0.5) is 5.13 Å². The Labute approximate surface area is 166 Å². The number of primary sulfonamides is 1. The van der Waals surface area contributed by atoms with Gasteiger partial charge in [-0.25, -0.2) is 13.6 Å². The Kier molecular flexibility index (Phi) is 6.35. The van der Waals surface area contributed by atoms with Crippen molar-refractivity contribution < 1.29 is 17.9 Å². The smallest absolute Gasteiger partial charge is 0.238 e. The molecule has 1 aromatic heterocycles. The summed E-state index contributed by atoms with van der Waals surface area (Å²) in [4.78, 5) is 13.9. The number of sulfonamides is 1. The van der Waals surface area contributed by atoms with Crippen molar-refractivity contribution in [1.29, 1.82) is 0 Å². The van der Waals surface area contributed by atoms with Gasteiger partial charge in [0, 0.05) is 18.2 Å². The molecule has 1 saturated carbocycles. The first kappa shape index (κ1) is 20.1. The largest absolute Gasteiger partial charge is 0.493 e. The number of hydrogen-bond acceptors (Lipinski definition) is 8. The van der Waals surface area contributed by atoms with Crippen LogP contribution in [0.25, 0.3) is 0 Å². The van der Waals surface area contributed by atoms with E-state index in [1.54, 1.807) is 17.0 Å². The van der Waals surface area contributed by atoms with Crippen LogP contribution in [-0.4, -0.2) is 42.9 Å². The molecular formula is C16H20N4O4S3. The molecule has 3 rings (SSSR count). The first-order valence-electron chi connectivity index (χ1n) is 8.42. The zero-order valence-electron chi connectivity index (χ0n) is 14.7. The van der Waals surface area contributed by atoms with E-state index < -0.39 is 10.0 Å². The molecule has 1 aliphatic carbocycles. The molecule has 1 aliphatic rings. The number of carbonyl (C=O) groups is 1. The fraction of sp³-hybridized carbons (Fsp3) is 0.438. The molecule has 0 aliphatic heterocycles. The summed E-state index contributed by atoms with van der Waals surface area (Å²) in [6.45, 7) is 2.27. The van der Waals surface area contributed by atoms with Crippen LogP contribution in [0.1, 0.15) is 26.2 Å². The molecule has 2 aromatic rings. The summed E-state index contributed by atoms with van der Waals surface area (Å²) in [6, 6.07) is 6.22. The van der Waals surface area contributed by atoms with Crippen molar-refractivity contribution in [3.8, 4) is 5.75 Å². The van der Waals surface area contributed by atoms with Gasteiger partial charge >= 0.3 is 0 Å². The minimum absolute atomic E-state index is 0.0486. The van der Waals surface area contributed by atoms with Gasteiger partial charge in [0.25, 0.3) is 0 Å². The van der Waals surface area contributed by atoms with Crippen molar-refractivity contribution in [3.05, 3.63) is 24.3 Å². The van der Waals surface area contributed by atoms with E-state index in [1.807, 2.05) is 6.92 Å². The lowest BCUT2D eigenvalue weighted by atomic mass is 10.3. The monoisotopic (exact) mass is 428 g/mol. The van der Waals surface area contributed by atoms with E-state index in [0.717, 1.165) is 17.2 Å². The lowest BCUT2D eigenvalue weighted by Crippen LogP contribution is -2.32. The zero-order chi connectivity index (χ0) is 19.4. The fourth-order valence-corrected chi connectivity index (χ4v) is 4.68. The zero-order valence-corrected chi connectivity index (χ0v) is 17.1. The fourth-order valence-electron chi connectivity index (χ4n) is 2.34. The second-order valence-electron chi connectivity index (χ2n) is 5.91. The van der Waals surface area contributed by atoms with Gasteiger partial charge in [-0.15, -0.1) is 10.2 Å². The third-order valence-electron chi connectivity index (χ3n) is 3.81. The average molecular weight is 429 g/mol. The highest BCUT2D eigenvalue weighted by Gasteiger charge is 2.35. The molecule has 0 radical (unpaired) electrons. The quantitative estimate of drug-likeness (QED) is 0.370. The predicted octanol–water partition coefficient (Wildman–Crippen LogP) is 2.26. The van der Waals surface area contributed by atoms with Crippen LogP contribution in [-0.2, 0) is 14.8 Å². The van der Waals surface area contributed by atoms with Crippen LogP contribution in [0, 0.1) is 0 Å². The maximum Gasteiger partial charge on any atom is 0.238 e. The van der Waals surface area contributed by atoms with Crippen LogP contribution in [0.3, 0.4) is 0 Å². The van der Waals surface area contributed by atoms with Crippen molar-refractivity contribution in [1.82, 2.24) is 10.2 Å². The summed E-state index contributed by atoms with van der Waals surface area (Å²) in [7, 11) is -3.70. The van der Waals surface area contributed by atoms with Gasteiger partial charge in [-0.05, 0) is 37.1 Å². The number of thioether (sulfide) groups is 1. The molecule has 1 amide bonds. The number of carbonyl (C=O) groups excluding carboxylic acids is 1. The topological polar surface area (TPSA) is 115 Å². The van der Waals surface area contributed by atoms with E-state index in [4.69, 9.17) is 9.88 Å². The van der Waals surface area contributed by atoms with Crippen molar-refractivity contribution in [3.63, 3.8) is 0 Å². The normalized spacial score (nSPS) is 14.1. The Balaban J connectivity index is 1.48. The number of rotatable bonds is 9. The summed E-state index contributed by atoms with van der Waals surface area (Å²) in [6.07, 6.45) is 2.49. The van der Waals surface area contributed by atoms with E-state index >= 15 is 0 Å². The van der Waals surface area contributed by atoms with Gasteiger partial charge < -0.3 is 4.74 Å². The average Bonchev–Trinajstić information content (AvgIpc) is 3.36. The SMILES string of the molecule is CCC(=O)N(c1nnc(SCCOc2ccc(S(N)(=O)=O)cc2)s1)C1CC1. The number of benzene rings is 1.